The van der Waals surface area contributed by atoms with Crippen molar-refractivity contribution in [1.29, 1.82) is 5.26 Å². The summed E-state index contributed by atoms with van der Waals surface area (Å²) in [5, 5.41) is 19.6. The van der Waals surface area contributed by atoms with E-state index in [1.165, 1.54) is 6.07 Å². The van der Waals surface area contributed by atoms with E-state index in [1.54, 1.807) is 30.3 Å². The first-order chi connectivity index (χ1) is 9.13. The van der Waals surface area contributed by atoms with E-state index in [2.05, 4.69) is 0 Å². The summed E-state index contributed by atoms with van der Waals surface area (Å²) in [6.07, 6.45) is 0. The number of nitro groups is 1. The third-order valence-corrected chi connectivity index (χ3v) is 2.54. The molecule has 1 unspecified atom stereocenters. The summed E-state index contributed by atoms with van der Waals surface area (Å²) in [6.45, 7) is 0. The lowest BCUT2D eigenvalue weighted by molar-refractivity contribution is -0.402. The Labute approximate surface area is 108 Å². The van der Waals surface area contributed by atoms with Crippen LogP contribution in [0.5, 0.6) is 0 Å². The average Bonchev–Trinajstić information content (AvgIpc) is 2.90. The molecule has 1 atom stereocenters. The molecule has 0 saturated heterocycles. The van der Waals surface area contributed by atoms with Crippen molar-refractivity contribution in [2.75, 3.05) is 0 Å². The molecule has 6 heteroatoms. The molecule has 0 bridgehead atoms. The fourth-order valence-electron chi connectivity index (χ4n) is 1.63. The topological polar surface area (TPSA) is 97.1 Å². The summed E-state index contributed by atoms with van der Waals surface area (Å²) in [7, 11) is 0. The van der Waals surface area contributed by atoms with Gasteiger partial charge in [-0.15, -0.1) is 0 Å². The minimum absolute atomic E-state index is 0.192. The van der Waals surface area contributed by atoms with Crippen molar-refractivity contribution < 1.29 is 14.1 Å². The van der Waals surface area contributed by atoms with Gasteiger partial charge in [-0.3, -0.25) is 14.9 Å². The quantitative estimate of drug-likeness (QED) is 0.476. The molecule has 2 rings (SSSR count). The molecule has 0 radical (unpaired) electrons. The molecule has 2 aromatic rings. The maximum atomic E-state index is 12.1. The van der Waals surface area contributed by atoms with Crippen LogP contribution in [-0.4, -0.2) is 10.7 Å². The Morgan fingerprint density at radius 1 is 1.26 bits per heavy atom. The predicted molar refractivity (Wildman–Crippen MR) is 64.5 cm³/mol. The van der Waals surface area contributed by atoms with Crippen molar-refractivity contribution in [1.82, 2.24) is 0 Å². The summed E-state index contributed by atoms with van der Waals surface area (Å²) in [4.78, 5) is 21.8. The predicted octanol–water partition coefficient (Wildman–Crippen LogP) is 2.68. The molecule has 0 amide bonds. The number of ketones is 1. The van der Waals surface area contributed by atoms with Crippen molar-refractivity contribution in [3.05, 3.63) is 63.9 Å². The van der Waals surface area contributed by atoms with Crippen molar-refractivity contribution >= 4 is 11.7 Å². The highest BCUT2D eigenvalue weighted by Gasteiger charge is 2.26. The van der Waals surface area contributed by atoms with Crippen LogP contribution < -0.4 is 0 Å². The van der Waals surface area contributed by atoms with E-state index in [9.17, 15) is 14.9 Å². The summed E-state index contributed by atoms with van der Waals surface area (Å²) in [5.41, 5.74) is 0.522. The van der Waals surface area contributed by atoms with Gasteiger partial charge >= 0.3 is 5.88 Å². The van der Waals surface area contributed by atoms with Crippen molar-refractivity contribution in [3.63, 3.8) is 0 Å². The Morgan fingerprint density at radius 2 is 1.95 bits per heavy atom. The van der Waals surface area contributed by atoms with E-state index in [4.69, 9.17) is 9.68 Å². The van der Waals surface area contributed by atoms with Crippen LogP contribution in [0.4, 0.5) is 5.88 Å². The molecule has 0 saturated carbocycles. The monoisotopic (exact) mass is 256 g/mol. The Bertz CT molecular complexity index is 655. The molecule has 0 spiro atoms. The molecule has 0 aliphatic rings. The van der Waals surface area contributed by atoms with E-state index in [0.29, 0.717) is 5.56 Å². The van der Waals surface area contributed by atoms with E-state index in [0.717, 1.165) is 6.07 Å². The standard InChI is InChI=1S/C13H8N2O4/c14-8-10(9-4-2-1-3-5-9)13(16)11-6-7-12(19-11)15(17)18/h1-7,10H. The van der Waals surface area contributed by atoms with E-state index >= 15 is 0 Å². The van der Waals surface area contributed by atoms with Crippen LogP contribution in [0.15, 0.2) is 46.9 Å². The number of carbonyl (C=O) groups is 1. The minimum atomic E-state index is -1.04. The summed E-state index contributed by atoms with van der Waals surface area (Å²) >= 11 is 0. The number of nitrogens with zero attached hydrogens (tertiary/aromatic N) is 2. The highest BCUT2D eigenvalue weighted by atomic mass is 16.6. The lowest BCUT2D eigenvalue weighted by Crippen LogP contribution is -2.10. The second-order valence-corrected chi connectivity index (χ2v) is 3.73. The Morgan fingerprint density at radius 3 is 2.47 bits per heavy atom. The van der Waals surface area contributed by atoms with Gasteiger partial charge in [-0.05, 0) is 11.6 Å². The first kappa shape index (κ1) is 12.5. The third kappa shape index (κ3) is 2.50. The number of nitriles is 1. The molecule has 94 valence electrons. The van der Waals surface area contributed by atoms with Crippen molar-refractivity contribution in [3.8, 4) is 6.07 Å². The number of benzene rings is 1. The van der Waals surface area contributed by atoms with Gasteiger partial charge in [0, 0.05) is 0 Å². The Hall–Kier alpha value is -2.94. The smallest absolute Gasteiger partial charge is 0.397 e. The molecule has 1 heterocycles. The van der Waals surface area contributed by atoms with Gasteiger partial charge in [0.05, 0.1) is 12.1 Å². The van der Waals surface area contributed by atoms with Crippen LogP contribution >= 0.6 is 0 Å². The number of hydrogen-bond acceptors (Lipinski definition) is 5. The SMILES string of the molecule is N#CC(C(=O)c1ccc([N+](=O)[O-])o1)c1ccccc1. The van der Waals surface area contributed by atoms with Crippen LogP contribution in [0, 0.1) is 21.4 Å². The molecule has 1 aromatic carbocycles. The highest BCUT2D eigenvalue weighted by molar-refractivity contribution is 6.00. The van der Waals surface area contributed by atoms with E-state index < -0.39 is 22.5 Å². The van der Waals surface area contributed by atoms with Crippen LogP contribution in [-0.2, 0) is 0 Å². The number of furan rings is 1. The van der Waals surface area contributed by atoms with Crippen LogP contribution in [0.1, 0.15) is 22.0 Å². The zero-order chi connectivity index (χ0) is 13.8. The molecule has 0 aliphatic heterocycles. The van der Waals surface area contributed by atoms with Crippen LogP contribution in [0.3, 0.4) is 0 Å². The Balaban J connectivity index is 2.31. The maximum Gasteiger partial charge on any atom is 0.433 e. The molecule has 6 nitrogen and oxygen atoms in total. The molecule has 0 aliphatic carbocycles. The van der Waals surface area contributed by atoms with Crippen LogP contribution in [0.2, 0.25) is 0 Å². The molecule has 0 fully saturated rings. The van der Waals surface area contributed by atoms with Gasteiger partial charge in [-0.25, -0.2) is 0 Å². The first-order valence-corrected chi connectivity index (χ1v) is 5.36. The minimum Gasteiger partial charge on any atom is -0.397 e. The van der Waals surface area contributed by atoms with Gasteiger partial charge in [-0.1, -0.05) is 30.3 Å². The van der Waals surface area contributed by atoms with Gasteiger partial charge in [0.25, 0.3) is 0 Å². The molecule has 0 N–H and O–H groups in total. The van der Waals surface area contributed by atoms with Gasteiger partial charge in [0.1, 0.15) is 10.8 Å². The molecular weight excluding hydrogens is 248 g/mol. The third-order valence-electron chi connectivity index (χ3n) is 2.54. The zero-order valence-electron chi connectivity index (χ0n) is 9.65. The number of hydrogen-bond donors (Lipinski definition) is 0. The van der Waals surface area contributed by atoms with Gasteiger partial charge < -0.3 is 4.42 Å². The van der Waals surface area contributed by atoms with Gasteiger partial charge in [0.2, 0.25) is 5.78 Å². The van der Waals surface area contributed by atoms with Gasteiger partial charge in [-0.2, -0.15) is 5.26 Å². The average molecular weight is 256 g/mol. The molecule has 19 heavy (non-hydrogen) atoms. The van der Waals surface area contributed by atoms with Crippen LogP contribution in [0.25, 0.3) is 0 Å². The maximum absolute atomic E-state index is 12.1. The lowest BCUT2D eigenvalue weighted by atomic mass is 9.95. The fourth-order valence-corrected chi connectivity index (χ4v) is 1.63. The van der Waals surface area contributed by atoms with Crippen molar-refractivity contribution in [2.45, 2.75) is 5.92 Å². The van der Waals surface area contributed by atoms with Gasteiger partial charge in [0.15, 0.2) is 5.76 Å². The first-order valence-electron chi connectivity index (χ1n) is 5.36. The summed E-state index contributed by atoms with van der Waals surface area (Å²) in [6, 6.07) is 12.6. The number of rotatable bonds is 4. The second-order valence-electron chi connectivity index (χ2n) is 3.73. The number of carbonyl (C=O) groups excluding carboxylic acids is 1. The Kier molecular flexibility index (Phi) is 3.39. The normalized spacial score (nSPS) is 11.5. The summed E-state index contributed by atoms with van der Waals surface area (Å²) < 4.78 is 4.81. The molecular formula is C13H8N2O4. The molecule has 1 aromatic heterocycles. The number of Topliss-reactive ketones (excluding diaryl/α,β-unsaturated/α-hetero) is 1. The largest absolute Gasteiger partial charge is 0.433 e. The van der Waals surface area contributed by atoms with E-state index in [-0.39, 0.29) is 5.76 Å². The summed E-state index contributed by atoms with van der Waals surface area (Å²) in [5.74, 6) is -2.34. The highest BCUT2D eigenvalue weighted by Crippen LogP contribution is 2.23. The van der Waals surface area contributed by atoms with Crippen molar-refractivity contribution in [2.24, 2.45) is 0 Å². The lowest BCUT2D eigenvalue weighted by Gasteiger charge is -2.05. The zero-order valence-corrected chi connectivity index (χ0v) is 9.65. The van der Waals surface area contributed by atoms with E-state index in [1.807, 2.05) is 6.07 Å². The second kappa shape index (κ2) is 5.14. The fraction of sp³-hybridized carbons (Fsp3) is 0.0769.